The highest BCUT2D eigenvalue weighted by molar-refractivity contribution is 7.92. The van der Waals surface area contributed by atoms with Gasteiger partial charge >= 0.3 is 5.97 Å². The molecule has 2 N–H and O–H groups in total. The number of carbonyl (C=O) groups is 1. The lowest BCUT2D eigenvalue weighted by atomic mass is 9.99. The van der Waals surface area contributed by atoms with Crippen molar-refractivity contribution in [1.29, 1.82) is 0 Å². The summed E-state index contributed by atoms with van der Waals surface area (Å²) in [6.45, 7) is 1.68. The molecule has 1 fully saturated rings. The van der Waals surface area contributed by atoms with Gasteiger partial charge in [-0.1, -0.05) is 23.7 Å². The number of carbonyl (C=O) groups excluding carboxylic acids is 1. The number of hydrogen-bond acceptors (Lipinski definition) is 6. The summed E-state index contributed by atoms with van der Waals surface area (Å²) in [7, 11) is -2.30. The molecule has 8 heteroatoms. The van der Waals surface area contributed by atoms with E-state index in [0.717, 1.165) is 0 Å². The van der Waals surface area contributed by atoms with Crippen LogP contribution in [-0.2, 0) is 19.4 Å². The number of esters is 1. The van der Waals surface area contributed by atoms with Crippen LogP contribution < -0.4 is 10.5 Å². The maximum atomic E-state index is 13.4. The summed E-state index contributed by atoms with van der Waals surface area (Å²) in [6.07, 6.45) is 0. The van der Waals surface area contributed by atoms with E-state index in [1.54, 1.807) is 38.3 Å². The first-order valence-corrected chi connectivity index (χ1v) is 10.8. The molecule has 2 aromatic rings. The van der Waals surface area contributed by atoms with Crippen LogP contribution in [0, 0.1) is 5.41 Å². The van der Waals surface area contributed by atoms with Gasteiger partial charge in [-0.05, 0) is 48.9 Å². The minimum atomic E-state index is -3.85. The second-order valence-corrected chi connectivity index (χ2v) is 9.14. The first kappa shape index (κ1) is 20.6. The van der Waals surface area contributed by atoms with E-state index in [-0.39, 0.29) is 18.0 Å². The molecule has 3 rings (SSSR count). The molecule has 0 unspecified atom stereocenters. The summed E-state index contributed by atoms with van der Waals surface area (Å²) in [5, 5.41) is -0.587. The van der Waals surface area contributed by atoms with Crippen LogP contribution in [-0.4, -0.2) is 39.9 Å². The lowest BCUT2D eigenvalue weighted by Crippen LogP contribution is -2.33. The summed E-state index contributed by atoms with van der Waals surface area (Å²) in [5.74, 6) is -0.569. The SMILES string of the molecule is CCOC(=O)[C@@]1(CN)[C@H](S(=O)(=O)c2ccc(Cl)cc2)[C@@H]1c1ccc(OC)cc1. The van der Waals surface area contributed by atoms with Gasteiger partial charge in [-0.25, -0.2) is 8.42 Å². The molecule has 1 saturated carbocycles. The summed E-state index contributed by atoms with van der Waals surface area (Å²) >= 11 is 5.88. The molecule has 0 heterocycles. The van der Waals surface area contributed by atoms with Gasteiger partial charge in [0.1, 0.15) is 11.2 Å². The summed E-state index contributed by atoms with van der Waals surface area (Å²) in [4.78, 5) is 12.9. The van der Waals surface area contributed by atoms with E-state index in [0.29, 0.717) is 16.3 Å². The molecule has 2 aromatic carbocycles. The average molecular weight is 424 g/mol. The van der Waals surface area contributed by atoms with E-state index in [4.69, 9.17) is 26.8 Å². The normalized spacial score (nSPS) is 23.9. The minimum Gasteiger partial charge on any atom is -0.497 e. The zero-order valence-corrected chi connectivity index (χ0v) is 17.2. The lowest BCUT2D eigenvalue weighted by Gasteiger charge is -2.14. The van der Waals surface area contributed by atoms with Crippen molar-refractivity contribution in [3.05, 3.63) is 59.1 Å². The highest BCUT2D eigenvalue weighted by Crippen LogP contribution is 2.64. The van der Waals surface area contributed by atoms with Crippen LogP contribution in [0.4, 0.5) is 0 Å². The van der Waals surface area contributed by atoms with E-state index in [9.17, 15) is 13.2 Å². The second kappa shape index (κ2) is 7.73. The Morgan fingerprint density at radius 1 is 1.14 bits per heavy atom. The molecular weight excluding hydrogens is 402 g/mol. The van der Waals surface area contributed by atoms with E-state index >= 15 is 0 Å². The molecule has 0 amide bonds. The fourth-order valence-corrected chi connectivity index (χ4v) is 6.26. The Labute approximate surface area is 169 Å². The van der Waals surface area contributed by atoms with Crippen LogP contribution in [0.3, 0.4) is 0 Å². The van der Waals surface area contributed by atoms with Gasteiger partial charge in [0, 0.05) is 17.5 Å². The Morgan fingerprint density at radius 3 is 2.25 bits per heavy atom. The Morgan fingerprint density at radius 2 is 1.75 bits per heavy atom. The van der Waals surface area contributed by atoms with E-state index < -0.39 is 32.4 Å². The first-order valence-electron chi connectivity index (χ1n) is 8.83. The van der Waals surface area contributed by atoms with Crippen molar-refractivity contribution in [2.24, 2.45) is 11.1 Å². The molecule has 0 bridgehead atoms. The zero-order valence-electron chi connectivity index (χ0n) is 15.6. The maximum absolute atomic E-state index is 13.4. The molecule has 6 nitrogen and oxygen atoms in total. The molecular formula is C20H22ClNO5S. The van der Waals surface area contributed by atoms with Crippen molar-refractivity contribution in [2.45, 2.75) is 23.0 Å². The number of rotatable bonds is 7. The number of nitrogens with two attached hydrogens (primary N) is 1. The van der Waals surface area contributed by atoms with Gasteiger partial charge in [-0.2, -0.15) is 0 Å². The molecule has 0 spiro atoms. The first-order chi connectivity index (χ1) is 13.3. The highest BCUT2D eigenvalue weighted by Gasteiger charge is 2.75. The monoisotopic (exact) mass is 423 g/mol. The summed E-state index contributed by atoms with van der Waals surface area (Å²) in [5.41, 5.74) is 5.33. The van der Waals surface area contributed by atoms with Crippen molar-refractivity contribution in [3.63, 3.8) is 0 Å². The Balaban J connectivity index is 2.09. The highest BCUT2D eigenvalue weighted by atomic mass is 35.5. The third-order valence-corrected chi connectivity index (χ3v) is 7.74. The molecule has 28 heavy (non-hydrogen) atoms. The standard InChI is InChI=1S/C20H22ClNO5S/c1-3-27-19(23)20(12-22)17(13-4-8-15(26-2)9-5-13)18(20)28(24,25)16-10-6-14(21)7-11-16/h4-11,17-18H,3,12,22H2,1-2H3/t17-,18+,20+/m0/s1. The minimum absolute atomic E-state index is 0.0973. The van der Waals surface area contributed by atoms with Crippen LogP contribution in [0.5, 0.6) is 5.75 Å². The van der Waals surface area contributed by atoms with Gasteiger partial charge in [0.2, 0.25) is 0 Å². The molecule has 0 radical (unpaired) electrons. The smallest absolute Gasteiger partial charge is 0.315 e. The van der Waals surface area contributed by atoms with Gasteiger partial charge < -0.3 is 15.2 Å². The molecule has 1 aliphatic carbocycles. The third-order valence-electron chi connectivity index (χ3n) is 5.20. The van der Waals surface area contributed by atoms with E-state index in [1.165, 1.54) is 24.3 Å². The number of benzene rings is 2. The van der Waals surface area contributed by atoms with Crippen molar-refractivity contribution in [3.8, 4) is 5.75 Å². The Bertz CT molecular complexity index is 959. The van der Waals surface area contributed by atoms with Crippen molar-refractivity contribution in [1.82, 2.24) is 0 Å². The van der Waals surface area contributed by atoms with Crippen LogP contribution in [0.1, 0.15) is 18.4 Å². The fourth-order valence-electron chi connectivity index (χ4n) is 3.75. The predicted molar refractivity (Wildman–Crippen MR) is 106 cm³/mol. The van der Waals surface area contributed by atoms with Gasteiger partial charge in [-0.3, -0.25) is 4.79 Å². The van der Waals surface area contributed by atoms with E-state index in [1.807, 2.05) is 0 Å². The number of ether oxygens (including phenoxy) is 2. The molecule has 1 aliphatic rings. The summed E-state index contributed by atoms with van der Waals surface area (Å²) in [6, 6.07) is 12.9. The topological polar surface area (TPSA) is 95.7 Å². The van der Waals surface area contributed by atoms with Gasteiger partial charge in [0.05, 0.1) is 23.9 Å². The maximum Gasteiger partial charge on any atom is 0.315 e. The second-order valence-electron chi connectivity index (χ2n) is 6.64. The average Bonchev–Trinajstić information content (AvgIpc) is 3.40. The van der Waals surface area contributed by atoms with E-state index in [2.05, 4.69) is 0 Å². The Hall–Kier alpha value is -2.09. The number of halogens is 1. The van der Waals surface area contributed by atoms with Crippen molar-refractivity contribution < 1.29 is 22.7 Å². The van der Waals surface area contributed by atoms with Gasteiger partial charge in [-0.15, -0.1) is 0 Å². The number of methoxy groups -OCH3 is 1. The number of sulfone groups is 1. The van der Waals surface area contributed by atoms with Gasteiger partial charge in [0.15, 0.2) is 9.84 Å². The quantitative estimate of drug-likeness (QED) is 0.688. The largest absolute Gasteiger partial charge is 0.497 e. The van der Waals surface area contributed by atoms with Crippen LogP contribution >= 0.6 is 11.6 Å². The fraction of sp³-hybridized carbons (Fsp3) is 0.350. The third kappa shape index (κ3) is 3.27. The molecule has 0 aliphatic heterocycles. The molecule has 0 aromatic heterocycles. The van der Waals surface area contributed by atoms with Crippen molar-refractivity contribution >= 4 is 27.4 Å². The lowest BCUT2D eigenvalue weighted by molar-refractivity contribution is -0.149. The molecule has 0 saturated heterocycles. The molecule has 150 valence electrons. The van der Waals surface area contributed by atoms with Crippen LogP contribution in [0.2, 0.25) is 5.02 Å². The number of hydrogen-bond donors (Lipinski definition) is 1. The molecule has 3 atom stereocenters. The predicted octanol–water partition coefficient (Wildman–Crippen LogP) is 2.80. The van der Waals surface area contributed by atoms with Crippen LogP contribution in [0.15, 0.2) is 53.4 Å². The van der Waals surface area contributed by atoms with Crippen molar-refractivity contribution in [2.75, 3.05) is 20.3 Å². The zero-order chi connectivity index (χ0) is 20.5. The summed E-state index contributed by atoms with van der Waals surface area (Å²) < 4.78 is 37.1. The van der Waals surface area contributed by atoms with Crippen LogP contribution in [0.25, 0.3) is 0 Å². The van der Waals surface area contributed by atoms with Gasteiger partial charge in [0.25, 0.3) is 0 Å². The Kier molecular flexibility index (Phi) is 5.70.